The van der Waals surface area contributed by atoms with E-state index >= 15 is 0 Å². The van der Waals surface area contributed by atoms with Gasteiger partial charge in [-0.1, -0.05) is 38.1 Å². The molecule has 8 heteroatoms. The van der Waals surface area contributed by atoms with E-state index < -0.39 is 6.10 Å². The Kier molecular flexibility index (Phi) is 8.93. The van der Waals surface area contributed by atoms with Gasteiger partial charge in [0.15, 0.2) is 0 Å². The third kappa shape index (κ3) is 7.27. The van der Waals surface area contributed by atoms with E-state index in [2.05, 4.69) is 58.6 Å². The molecule has 0 unspecified atom stereocenters. The summed E-state index contributed by atoms with van der Waals surface area (Å²) in [5.41, 5.74) is 3.20. The quantitative estimate of drug-likeness (QED) is 0.497. The zero-order chi connectivity index (χ0) is 25.5. The first-order valence-electron chi connectivity index (χ1n) is 13.1. The number of nitrogens with zero attached hydrogens (tertiary/aromatic N) is 3. The van der Waals surface area contributed by atoms with Gasteiger partial charge in [0, 0.05) is 63.5 Å². The maximum absolute atomic E-state index is 12.7. The number of pyridine rings is 1. The van der Waals surface area contributed by atoms with Crippen molar-refractivity contribution in [3.05, 3.63) is 59.3 Å². The second-order valence-electron chi connectivity index (χ2n) is 10.4. The van der Waals surface area contributed by atoms with Gasteiger partial charge in [-0.3, -0.25) is 14.5 Å². The summed E-state index contributed by atoms with van der Waals surface area (Å²) in [6.45, 7) is 8.07. The Morgan fingerprint density at radius 2 is 1.86 bits per heavy atom. The summed E-state index contributed by atoms with van der Waals surface area (Å²) in [7, 11) is 0. The van der Waals surface area contributed by atoms with Crippen molar-refractivity contribution in [2.75, 3.05) is 38.0 Å². The molecular formula is C28H39N5O3. The number of hydrogen-bond donors (Lipinski definition) is 3. The highest BCUT2D eigenvalue weighted by atomic mass is 16.3. The Morgan fingerprint density at radius 1 is 1.11 bits per heavy atom. The molecule has 0 bridgehead atoms. The maximum atomic E-state index is 12.7. The van der Waals surface area contributed by atoms with E-state index in [0.717, 1.165) is 45.4 Å². The molecule has 2 aromatic rings. The second kappa shape index (κ2) is 12.3. The van der Waals surface area contributed by atoms with Gasteiger partial charge in [0.2, 0.25) is 5.91 Å². The Labute approximate surface area is 214 Å². The number of benzene rings is 1. The fourth-order valence-electron chi connectivity index (χ4n) is 5.00. The van der Waals surface area contributed by atoms with Crippen LogP contribution >= 0.6 is 0 Å². The first-order chi connectivity index (χ1) is 17.4. The minimum Gasteiger partial charge on any atom is -0.390 e. The third-order valence-electron chi connectivity index (χ3n) is 6.98. The fraction of sp³-hybridized carbons (Fsp3) is 0.536. The van der Waals surface area contributed by atoms with Crippen molar-refractivity contribution in [3.63, 3.8) is 0 Å². The number of anilines is 1. The minimum absolute atomic E-state index is 0.199. The number of likely N-dealkylation sites (tertiary alicyclic amines) is 1. The lowest BCUT2D eigenvalue weighted by atomic mass is 10.00. The molecule has 1 aromatic carbocycles. The van der Waals surface area contributed by atoms with Crippen molar-refractivity contribution in [3.8, 4) is 0 Å². The van der Waals surface area contributed by atoms with E-state index in [0.29, 0.717) is 30.3 Å². The molecule has 1 saturated heterocycles. The van der Waals surface area contributed by atoms with Crippen LogP contribution in [0.25, 0.3) is 0 Å². The monoisotopic (exact) mass is 493 g/mol. The number of aliphatic hydroxyl groups is 1. The number of aromatic nitrogens is 1. The molecule has 3 N–H and O–H groups in total. The van der Waals surface area contributed by atoms with Crippen LogP contribution in [0.1, 0.15) is 54.6 Å². The lowest BCUT2D eigenvalue weighted by molar-refractivity contribution is -0.132. The maximum Gasteiger partial charge on any atom is 0.251 e. The lowest BCUT2D eigenvalue weighted by Gasteiger charge is -2.33. The highest BCUT2D eigenvalue weighted by Gasteiger charge is 2.24. The number of nitrogens with one attached hydrogen (secondary N) is 2. The average Bonchev–Trinajstić information content (AvgIpc) is 2.87. The number of rotatable bonds is 9. The largest absolute Gasteiger partial charge is 0.390 e. The minimum atomic E-state index is -0.637. The highest BCUT2D eigenvalue weighted by molar-refractivity contribution is 5.94. The second-order valence-corrected chi connectivity index (χ2v) is 10.4. The molecular weight excluding hydrogens is 454 g/mol. The first-order valence-corrected chi connectivity index (χ1v) is 13.1. The highest BCUT2D eigenvalue weighted by Crippen LogP contribution is 2.19. The summed E-state index contributed by atoms with van der Waals surface area (Å²) in [4.78, 5) is 33.6. The molecule has 0 aliphatic carbocycles. The standard InChI is InChI=1S/C28H39N5O3/c1-20(2)15-27(35)33-13-9-24(10-14-33)31-26-16-22(7-11-29-26)28(36)30-17-25(34)19-32-12-8-21-5-3-4-6-23(21)18-32/h3-7,11,16,20,24-25,34H,8-10,12-15,17-19H2,1-2H3,(H,29,31)(H,30,36)/t25-/m0/s1. The zero-order valence-corrected chi connectivity index (χ0v) is 21.4. The number of amides is 2. The average molecular weight is 494 g/mol. The summed E-state index contributed by atoms with van der Waals surface area (Å²) in [5.74, 6) is 1.03. The number of piperidine rings is 1. The van der Waals surface area contributed by atoms with Crippen molar-refractivity contribution in [1.82, 2.24) is 20.1 Å². The van der Waals surface area contributed by atoms with Gasteiger partial charge in [0.25, 0.3) is 5.91 Å². The van der Waals surface area contributed by atoms with Crippen molar-refractivity contribution < 1.29 is 14.7 Å². The van der Waals surface area contributed by atoms with Gasteiger partial charge in [-0.15, -0.1) is 0 Å². The van der Waals surface area contributed by atoms with Gasteiger partial charge in [-0.2, -0.15) is 0 Å². The molecule has 1 fully saturated rings. The number of aliphatic hydroxyl groups excluding tert-OH is 1. The van der Waals surface area contributed by atoms with Gasteiger partial charge in [0.05, 0.1) is 6.10 Å². The van der Waals surface area contributed by atoms with E-state index in [-0.39, 0.29) is 24.4 Å². The predicted octanol–water partition coefficient (Wildman–Crippen LogP) is 2.68. The van der Waals surface area contributed by atoms with Gasteiger partial charge < -0.3 is 20.6 Å². The molecule has 0 radical (unpaired) electrons. The number of β-amino-alcohol motifs (C(OH)–C–C–N with tert-alkyl or cyclic N) is 1. The molecule has 2 amide bonds. The topological polar surface area (TPSA) is 97.8 Å². The Balaban J connectivity index is 1.21. The van der Waals surface area contributed by atoms with Crippen molar-refractivity contribution in [2.45, 2.75) is 58.2 Å². The molecule has 2 aliphatic rings. The molecule has 36 heavy (non-hydrogen) atoms. The number of carbonyl (C=O) groups excluding carboxylic acids is 2. The number of fused-ring (bicyclic) bond motifs is 1. The van der Waals surface area contributed by atoms with Gasteiger partial charge in [-0.25, -0.2) is 4.98 Å². The summed E-state index contributed by atoms with van der Waals surface area (Å²) in [6.07, 6.45) is 4.28. The normalized spacial score (nSPS) is 17.5. The van der Waals surface area contributed by atoms with Crippen LogP contribution in [0, 0.1) is 5.92 Å². The van der Waals surface area contributed by atoms with E-state index in [1.807, 2.05) is 4.90 Å². The van der Waals surface area contributed by atoms with Crippen molar-refractivity contribution >= 4 is 17.6 Å². The Morgan fingerprint density at radius 3 is 2.61 bits per heavy atom. The van der Waals surface area contributed by atoms with Crippen LogP contribution in [0.3, 0.4) is 0 Å². The van der Waals surface area contributed by atoms with Crippen LogP contribution in [0.2, 0.25) is 0 Å². The van der Waals surface area contributed by atoms with Crippen LogP contribution in [0.15, 0.2) is 42.6 Å². The Hall–Kier alpha value is -2.97. The number of carbonyl (C=O) groups is 2. The summed E-state index contributed by atoms with van der Waals surface area (Å²) >= 11 is 0. The molecule has 2 aliphatic heterocycles. The summed E-state index contributed by atoms with van der Waals surface area (Å²) in [6, 6.07) is 12.1. The smallest absolute Gasteiger partial charge is 0.251 e. The van der Waals surface area contributed by atoms with Gasteiger partial charge in [0.1, 0.15) is 5.82 Å². The summed E-state index contributed by atoms with van der Waals surface area (Å²) < 4.78 is 0. The van der Waals surface area contributed by atoms with Crippen LogP contribution in [0.4, 0.5) is 5.82 Å². The van der Waals surface area contributed by atoms with E-state index in [1.165, 1.54) is 11.1 Å². The van der Waals surface area contributed by atoms with Gasteiger partial charge in [-0.05, 0) is 48.4 Å². The zero-order valence-electron chi connectivity index (χ0n) is 21.4. The molecule has 0 saturated carbocycles. The van der Waals surface area contributed by atoms with Crippen LogP contribution < -0.4 is 10.6 Å². The molecule has 1 atom stereocenters. The third-order valence-corrected chi connectivity index (χ3v) is 6.98. The molecule has 3 heterocycles. The molecule has 1 aromatic heterocycles. The van der Waals surface area contributed by atoms with Crippen LogP contribution in [-0.2, 0) is 17.8 Å². The first kappa shape index (κ1) is 26.1. The van der Waals surface area contributed by atoms with E-state index in [9.17, 15) is 14.7 Å². The van der Waals surface area contributed by atoms with Crippen LogP contribution in [0.5, 0.6) is 0 Å². The molecule has 0 spiro atoms. The van der Waals surface area contributed by atoms with E-state index in [1.54, 1.807) is 18.3 Å². The number of hydrogen-bond acceptors (Lipinski definition) is 6. The predicted molar refractivity (Wildman–Crippen MR) is 141 cm³/mol. The van der Waals surface area contributed by atoms with Crippen molar-refractivity contribution in [1.29, 1.82) is 0 Å². The molecule has 8 nitrogen and oxygen atoms in total. The Bertz CT molecular complexity index is 1040. The van der Waals surface area contributed by atoms with Crippen molar-refractivity contribution in [2.24, 2.45) is 5.92 Å². The lowest BCUT2D eigenvalue weighted by Crippen LogP contribution is -2.42. The van der Waals surface area contributed by atoms with Gasteiger partial charge >= 0.3 is 0 Å². The SMILES string of the molecule is CC(C)CC(=O)N1CCC(Nc2cc(C(=O)NC[C@H](O)CN3CCc4ccccc4C3)ccn2)CC1. The summed E-state index contributed by atoms with van der Waals surface area (Å²) in [5, 5.41) is 16.8. The molecule has 194 valence electrons. The molecule has 4 rings (SSSR count). The van der Waals surface area contributed by atoms with Crippen LogP contribution in [-0.4, -0.2) is 76.6 Å². The van der Waals surface area contributed by atoms with E-state index in [4.69, 9.17) is 0 Å². The fourth-order valence-corrected chi connectivity index (χ4v) is 5.00.